The molecule has 0 aliphatic carbocycles. The van der Waals surface area contributed by atoms with Gasteiger partial charge in [-0.3, -0.25) is 14.8 Å². The van der Waals surface area contributed by atoms with E-state index in [1.54, 1.807) is 30.9 Å². The van der Waals surface area contributed by atoms with E-state index < -0.39 is 0 Å². The molecule has 0 aromatic carbocycles. The van der Waals surface area contributed by atoms with Crippen LogP contribution >= 0.6 is 0 Å². The number of carbonyl (C=O) groups excluding carboxylic acids is 1. The van der Waals surface area contributed by atoms with Gasteiger partial charge in [-0.1, -0.05) is 0 Å². The second-order valence-electron chi connectivity index (χ2n) is 3.13. The van der Waals surface area contributed by atoms with Crippen LogP contribution in [-0.2, 0) is 4.79 Å². The van der Waals surface area contributed by atoms with Crippen LogP contribution in [0.2, 0.25) is 0 Å². The van der Waals surface area contributed by atoms with Crippen molar-refractivity contribution in [2.75, 3.05) is 12.4 Å². The number of methoxy groups -OCH3 is 1. The molecule has 0 saturated heterocycles. The number of hydrogen-bond donors (Lipinski definition) is 1. The number of aromatic nitrogens is 3. The van der Waals surface area contributed by atoms with Crippen molar-refractivity contribution in [1.82, 2.24) is 15.0 Å². The summed E-state index contributed by atoms with van der Waals surface area (Å²) in [5.74, 6) is 0.843. The minimum absolute atomic E-state index is 0.371. The fourth-order valence-corrected chi connectivity index (χ4v) is 1.35. The Labute approximate surface area is 97.7 Å². The lowest BCUT2D eigenvalue weighted by atomic mass is 10.2. The van der Waals surface area contributed by atoms with Crippen molar-refractivity contribution in [2.24, 2.45) is 0 Å². The summed E-state index contributed by atoms with van der Waals surface area (Å²) in [5, 5.41) is 2.45. The molecule has 0 radical (unpaired) electrons. The van der Waals surface area contributed by atoms with Gasteiger partial charge in [0.1, 0.15) is 0 Å². The van der Waals surface area contributed by atoms with Crippen LogP contribution in [0.4, 0.5) is 5.82 Å². The zero-order valence-corrected chi connectivity index (χ0v) is 9.12. The molecule has 6 heteroatoms. The van der Waals surface area contributed by atoms with Crippen LogP contribution in [0.15, 0.2) is 30.9 Å². The van der Waals surface area contributed by atoms with Crippen molar-refractivity contribution in [3.63, 3.8) is 0 Å². The average Bonchev–Trinajstić information content (AvgIpc) is 2.40. The normalized spacial score (nSPS) is 9.71. The molecule has 86 valence electrons. The second-order valence-corrected chi connectivity index (χ2v) is 3.13. The standard InChI is InChI=1S/C11H10N4O2/c1-17-10-4-8(5-14-11(10)15-7-16)9-6-12-2-3-13-9/h2-7H,1H3,(H,14,15,16). The lowest BCUT2D eigenvalue weighted by Crippen LogP contribution is -2.00. The Morgan fingerprint density at radius 1 is 1.29 bits per heavy atom. The number of pyridine rings is 1. The van der Waals surface area contributed by atoms with Crippen LogP contribution in [0.5, 0.6) is 5.75 Å². The minimum Gasteiger partial charge on any atom is -0.493 e. The molecule has 0 saturated carbocycles. The Kier molecular flexibility index (Phi) is 3.25. The van der Waals surface area contributed by atoms with Crippen molar-refractivity contribution in [3.05, 3.63) is 30.9 Å². The van der Waals surface area contributed by atoms with Crippen LogP contribution < -0.4 is 10.1 Å². The molecule has 6 nitrogen and oxygen atoms in total. The van der Waals surface area contributed by atoms with Gasteiger partial charge < -0.3 is 10.1 Å². The van der Waals surface area contributed by atoms with E-state index >= 15 is 0 Å². The number of amides is 1. The highest BCUT2D eigenvalue weighted by Gasteiger charge is 2.07. The van der Waals surface area contributed by atoms with Crippen molar-refractivity contribution in [1.29, 1.82) is 0 Å². The summed E-state index contributed by atoms with van der Waals surface area (Å²) in [4.78, 5) is 22.6. The summed E-state index contributed by atoms with van der Waals surface area (Å²) in [6.07, 6.45) is 6.96. The summed E-state index contributed by atoms with van der Waals surface area (Å²) in [7, 11) is 1.51. The maximum atomic E-state index is 10.4. The van der Waals surface area contributed by atoms with Crippen LogP contribution in [0.1, 0.15) is 0 Å². The molecule has 2 heterocycles. The zero-order chi connectivity index (χ0) is 12.1. The summed E-state index contributed by atoms with van der Waals surface area (Å²) in [5.41, 5.74) is 1.46. The van der Waals surface area contributed by atoms with Crippen molar-refractivity contribution < 1.29 is 9.53 Å². The van der Waals surface area contributed by atoms with Crippen LogP contribution in [0.25, 0.3) is 11.3 Å². The van der Waals surface area contributed by atoms with Crippen LogP contribution in [0.3, 0.4) is 0 Å². The van der Waals surface area contributed by atoms with Gasteiger partial charge in [0.2, 0.25) is 6.41 Å². The molecule has 17 heavy (non-hydrogen) atoms. The van der Waals surface area contributed by atoms with Gasteiger partial charge in [-0.05, 0) is 6.07 Å². The van der Waals surface area contributed by atoms with E-state index in [1.165, 1.54) is 7.11 Å². The topological polar surface area (TPSA) is 77.0 Å². The first-order valence-electron chi connectivity index (χ1n) is 4.85. The zero-order valence-electron chi connectivity index (χ0n) is 9.12. The molecule has 0 aliphatic heterocycles. The Bertz CT molecular complexity index is 516. The highest BCUT2D eigenvalue weighted by Crippen LogP contribution is 2.26. The first-order valence-corrected chi connectivity index (χ1v) is 4.85. The van der Waals surface area contributed by atoms with Crippen molar-refractivity contribution >= 4 is 12.2 Å². The van der Waals surface area contributed by atoms with Gasteiger partial charge in [0.05, 0.1) is 19.0 Å². The molecule has 0 unspecified atom stereocenters. The molecule has 0 bridgehead atoms. The number of carbonyl (C=O) groups is 1. The molecule has 0 fully saturated rings. The number of rotatable bonds is 4. The van der Waals surface area contributed by atoms with Gasteiger partial charge in [0.25, 0.3) is 0 Å². The summed E-state index contributed by atoms with van der Waals surface area (Å²) < 4.78 is 5.13. The third-order valence-electron chi connectivity index (χ3n) is 2.13. The molecule has 2 aromatic rings. The predicted octanol–water partition coefficient (Wildman–Crippen LogP) is 1.12. The Morgan fingerprint density at radius 3 is 2.82 bits per heavy atom. The van der Waals surface area contributed by atoms with E-state index in [9.17, 15) is 4.79 Å². The van der Waals surface area contributed by atoms with E-state index in [2.05, 4.69) is 20.3 Å². The number of ether oxygens (including phenoxy) is 1. The van der Waals surface area contributed by atoms with Gasteiger partial charge >= 0.3 is 0 Å². The first kappa shape index (κ1) is 11.0. The molecule has 1 N–H and O–H groups in total. The quantitative estimate of drug-likeness (QED) is 0.796. The lowest BCUT2D eigenvalue weighted by Gasteiger charge is -2.07. The third kappa shape index (κ3) is 2.36. The molecule has 2 aromatic heterocycles. The van der Waals surface area contributed by atoms with Crippen LogP contribution in [0, 0.1) is 0 Å². The smallest absolute Gasteiger partial charge is 0.212 e. The minimum atomic E-state index is 0.371. The van der Waals surface area contributed by atoms with Gasteiger partial charge in [-0.2, -0.15) is 0 Å². The number of nitrogens with zero attached hydrogens (tertiary/aromatic N) is 3. The summed E-state index contributed by atoms with van der Waals surface area (Å²) in [6, 6.07) is 1.74. The van der Waals surface area contributed by atoms with Crippen LogP contribution in [-0.4, -0.2) is 28.5 Å². The number of nitrogens with one attached hydrogen (secondary N) is 1. The predicted molar refractivity (Wildman–Crippen MR) is 61.5 cm³/mol. The molecule has 2 rings (SSSR count). The highest BCUT2D eigenvalue weighted by molar-refractivity contribution is 5.74. The summed E-state index contributed by atoms with van der Waals surface area (Å²) >= 11 is 0. The monoisotopic (exact) mass is 230 g/mol. The SMILES string of the molecule is COc1cc(-c2cnccn2)cnc1NC=O. The van der Waals surface area contributed by atoms with Gasteiger partial charge in [0.15, 0.2) is 11.6 Å². The fraction of sp³-hybridized carbons (Fsp3) is 0.0909. The maximum Gasteiger partial charge on any atom is 0.212 e. The van der Waals surface area contributed by atoms with E-state index in [0.717, 1.165) is 5.56 Å². The fourth-order valence-electron chi connectivity index (χ4n) is 1.35. The molecule has 0 spiro atoms. The lowest BCUT2D eigenvalue weighted by molar-refractivity contribution is -0.105. The number of anilines is 1. The third-order valence-corrected chi connectivity index (χ3v) is 2.13. The van der Waals surface area contributed by atoms with E-state index in [1.807, 2.05) is 0 Å². The van der Waals surface area contributed by atoms with Gasteiger partial charge in [-0.15, -0.1) is 0 Å². The van der Waals surface area contributed by atoms with E-state index in [4.69, 9.17) is 4.74 Å². The average molecular weight is 230 g/mol. The molecule has 0 aliphatic rings. The largest absolute Gasteiger partial charge is 0.493 e. The summed E-state index contributed by atoms with van der Waals surface area (Å²) in [6.45, 7) is 0. The second kappa shape index (κ2) is 5.02. The highest BCUT2D eigenvalue weighted by atomic mass is 16.5. The molecular formula is C11H10N4O2. The van der Waals surface area contributed by atoms with Gasteiger partial charge in [-0.25, -0.2) is 4.98 Å². The maximum absolute atomic E-state index is 10.4. The number of hydrogen-bond acceptors (Lipinski definition) is 5. The van der Waals surface area contributed by atoms with E-state index in [-0.39, 0.29) is 0 Å². The Balaban J connectivity index is 2.41. The Hall–Kier alpha value is -2.50. The van der Waals surface area contributed by atoms with Crippen molar-refractivity contribution in [2.45, 2.75) is 0 Å². The molecule has 1 amide bonds. The molecular weight excluding hydrogens is 220 g/mol. The van der Waals surface area contributed by atoms with Crippen molar-refractivity contribution in [3.8, 4) is 17.0 Å². The molecule has 0 atom stereocenters. The Morgan fingerprint density at radius 2 is 2.18 bits per heavy atom. The first-order chi connectivity index (χ1) is 8.35. The van der Waals surface area contributed by atoms with E-state index in [0.29, 0.717) is 23.7 Å². The van der Waals surface area contributed by atoms with Gasteiger partial charge in [0, 0.05) is 24.2 Å².